The number of nitrogens with zero attached hydrogens (tertiary/aromatic N) is 4. The number of nitrogens with one attached hydrogen (secondary N) is 1. The molecule has 1 aromatic heterocycles. The molecule has 1 aliphatic rings. The van der Waals surface area contributed by atoms with Crippen LogP contribution in [0.3, 0.4) is 0 Å². The molecular weight excluding hydrogens is 214 g/mol. The van der Waals surface area contributed by atoms with Gasteiger partial charge in [0.05, 0.1) is 6.54 Å². The number of aryl methyl sites for hydroxylation is 1. The molecule has 0 aromatic carbocycles. The van der Waals surface area contributed by atoms with Crippen molar-refractivity contribution in [3.05, 3.63) is 12.2 Å². The Morgan fingerprint density at radius 2 is 2.18 bits per heavy atom. The fourth-order valence-corrected chi connectivity index (χ4v) is 2.32. The summed E-state index contributed by atoms with van der Waals surface area (Å²) in [5, 5.41) is 7.59. The van der Waals surface area contributed by atoms with Crippen molar-refractivity contribution >= 4 is 0 Å². The summed E-state index contributed by atoms with van der Waals surface area (Å²) in [6.45, 7) is 8.69. The van der Waals surface area contributed by atoms with Crippen molar-refractivity contribution in [2.75, 3.05) is 26.2 Å². The van der Waals surface area contributed by atoms with Gasteiger partial charge in [-0.2, -0.15) is 5.10 Å². The van der Waals surface area contributed by atoms with Crippen LogP contribution in [0.2, 0.25) is 0 Å². The standard InChI is InChI=1S/C12H23N5/c1-2-17-12(14-11-15-17)10-13-6-5-9-16-7-3-4-8-16/h11,13H,2-10H2,1H3. The molecule has 1 fully saturated rings. The zero-order valence-corrected chi connectivity index (χ0v) is 10.7. The topological polar surface area (TPSA) is 46.0 Å². The summed E-state index contributed by atoms with van der Waals surface area (Å²) < 4.78 is 1.94. The van der Waals surface area contributed by atoms with Crippen molar-refractivity contribution in [2.24, 2.45) is 0 Å². The molecule has 0 bridgehead atoms. The third-order valence-corrected chi connectivity index (χ3v) is 3.30. The van der Waals surface area contributed by atoms with Gasteiger partial charge in [0.25, 0.3) is 0 Å². The molecule has 2 rings (SSSR count). The minimum atomic E-state index is 0.827. The fourth-order valence-electron chi connectivity index (χ4n) is 2.32. The van der Waals surface area contributed by atoms with E-state index in [1.807, 2.05) is 4.68 Å². The SMILES string of the molecule is CCn1ncnc1CNCCCN1CCCC1. The van der Waals surface area contributed by atoms with Crippen LogP contribution in [0.1, 0.15) is 32.0 Å². The molecule has 1 aromatic rings. The van der Waals surface area contributed by atoms with Gasteiger partial charge in [-0.3, -0.25) is 0 Å². The molecule has 1 aliphatic heterocycles. The van der Waals surface area contributed by atoms with Gasteiger partial charge in [-0.05, 0) is 52.4 Å². The maximum atomic E-state index is 4.24. The number of likely N-dealkylation sites (tertiary alicyclic amines) is 1. The van der Waals surface area contributed by atoms with Crippen LogP contribution in [0.25, 0.3) is 0 Å². The predicted molar refractivity (Wildman–Crippen MR) is 67.7 cm³/mol. The Bertz CT molecular complexity index is 316. The minimum absolute atomic E-state index is 0.827. The predicted octanol–water partition coefficient (Wildman–Crippen LogP) is 0.873. The van der Waals surface area contributed by atoms with Gasteiger partial charge in [0.2, 0.25) is 0 Å². The molecule has 1 saturated heterocycles. The van der Waals surface area contributed by atoms with Gasteiger partial charge in [-0.1, -0.05) is 0 Å². The fraction of sp³-hybridized carbons (Fsp3) is 0.833. The van der Waals surface area contributed by atoms with Crippen molar-refractivity contribution in [3.63, 3.8) is 0 Å². The van der Waals surface area contributed by atoms with Gasteiger partial charge in [-0.15, -0.1) is 0 Å². The van der Waals surface area contributed by atoms with E-state index in [0.717, 1.165) is 25.5 Å². The van der Waals surface area contributed by atoms with E-state index in [2.05, 4.69) is 27.2 Å². The lowest BCUT2D eigenvalue weighted by atomic mass is 10.4. The quantitative estimate of drug-likeness (QED) is 0.715. The summed E-state index contributed by atoms with van der Waals surface area (Å²) in [6.07, 6.45) is 5.62. The zero-order valence-electron chi connectivity index (χ0n) is 10.7. The van der Waals surface area contributed by atoms with E-state index >= 15 is 0 Å². The molecule has 2 heterocycles. The highest BCUT2D eigenvalue weighted by Gasteiger charge is 2.10. The molecule has 0 unspecified atom stereocenters. The minimum Gasteiger partial charge on any atom is -0.310 e. The first-order valence-electron chi connectivity index (χ1n) is 6.70. The molecule has 5 nitrogen and oxygen atoms in total. The third kappa shape index (κ3) is 3.78. The van der Waals surface area contributed by atoms with E-state index in [0.29, 0.717) is 0 Å². The van der Waals surface area contributed by atoms with Gasteiger partial charge in [0, 0.05) is 6.54 Å². The second-order valence-corrected chi connectivity index (χ2v) is 4.57. The average molecular weight is 237 g/mol. The second kappa shape index (κ2) is 6.71. The molecule has 96 valence electrons. The van der Waals surface area contributed by atoms with Crippen LogP contribution < -0.4 is 5.32 Å². The van der Waals surface area contributed by atoms with Crippen LogP contribution in [-0.4, -0.2) is 45.8 Å². The largest absolute Gasteiger partial charge is 0.310 e. The summed E-state index contributed by atoms with van der Waals surface area (Å²) in [5.41, 5.74) is 0. The van der Waals surface area contributed by atoms with Crippen LogP contribution in [-0.2, 0) is 13.1 Å². The van der Waals surface area contributed by atoms with Crippen molar-refractivity contribution in [1.82, 2.24) is 25.0 Å². The lowest BCUT2D eigenvalue weighted by molar-refractivity contribution is 0.330. The van der Waals surface area contributed by atoms with Crippen molar-refractivity contribution < 1.29 is 0 Å². The van der Waals surface area contributed by atoms with Crippen molar-refractivity contribution in [2.45, 2.75) is 39.3 Å². The summed E-state index contributed by atoms with van der Waals surface area (Å²) in [6, 6.07) is 0. The number of hydrogen-bond donors (Lipinski definition) is 1. The van der Waals surface area contributed by atoms with Gasteiger partial charge in [0.15, 0.2) is 0 Å². The Hall–Kier alpha value is -0.940. The smallest absolute Gasteiger partial charge is 0.140 e. The van der Waals surface area contributed by atoms with E-state index in [1.54, 1.807) is 6.33 Å². The number of rotatable bonds is 7. The van der Waals surface area contributed by atoms with E-state index in [9.17, 15) is 0 Å². The Balaban J connectivity index is 1.56. The molecule has 0 spiro atoms. The van der Waals surface area contributed by atoms with Crippen LogP contribution in [0.4, 0.5) is 0 Å². The van der Waals surface area contributed by atoms with E-state index < -0.39 is 0 Å². The molecule has 17 heavy (non-hydrogen) atoms. The van der Waals surface area contributed by atoms with Crippen LogP contribution in [0.15, 0.2) is 6.33 Å². The van der Waals surface area contributed by atoms with Crippen LogP contribution in [0, 0.1) is 0 Å². The molecule has 1 N–H and O–H groups in total. The molecule has 0 aliphatic carbocycles. The van der Waals surface area contributed by atoms with Gasteiger partial charge in [0.1, 0.15) is 12.2 Å². The number of hydrogen-bond acceptors (Lipinski definition) is 4. The summed E-state index contributed by atoms with van der Waals surface area (Å²) in [5.74, 6) is 1.04. The van der Waals surface area contributed by atoms with E-state index in [-0.39, 0.29) is 0 Å². The summed E-state index contributed by atoms with van der Waals surface area (Å²) >= 11 is 0. The molecule has 0 amide bonds. The number of aromatic nitrogens is 3. The normalized spacial score (nSPS) is 16.8. The first kappa shape index (κ1) is 12.5. The highest BCUT2D eigenvalue weighted by atomic mass is 15.3. The third-order valence-electron chi connectivity index (χ3n) is 3.30. The van der Waals surface area contributed by atoms with Crippen LogP contribution in [0.5, 0.6) is 0 Å². The molecule has 0 radical (unpaired) electrons. The Morgan fingerprint density at radius 3 is 2.94 bits per heavy atom. The van der Waals surface area contributed by atoms with Gasteiger partial charge in [-0.25, -0.2) is 9.67 Å². The second-order valence-electron chi connectivity index (χ2n) is 4.57. The highest BCUT2D eigenvalue weighted by molar-refractivity contribution is 4.83. The Morgan fingerprint density at radius 1 is 1.35 bits per heavy atom. The molecule has 0 atom stereocenters. The lowest BCUT2D eigenvalue weighted by Gasteiger charge is -2.14. The molecule has 5 heteroatoms. The average Bonchev–Trinajstić information content (AvgIpc) is 2.98. The molecule has 0 saturated carbocycles. The first-order chi connectivity index (χ1) is 8.40. The van der Waals surface area contributed by atoms with Crippen molar-refractivity contribution in [3.8, 4) is 0 Å². The summed E-state index contributed by atoms with van der Waals surface area (Å²) in [7, 11) is 0. The van der Waals surface area contributed by atoms with E-state index in [4.69, 9.17) is 0 Å². The van der Waals surface area contributed by atoms with Gasteiger partial charge < -0.3 is 10.2 Å². The lowest BCUT2D eigenvalue weighted by Crippen LogP contribution is -2.25. The monoisotopic (exact) mass is 237 g/mol. The summed E-state index contributed by atoms with van der Waals surface area (Å²) in [4.78, 5) is 6.79. The Kier molecular flexibility index (Phi) is 4.94. The van der Waals surface area contributed by atoms with E-state index in [1.165, 1.54) is 38.9 Å². The Labute approximate surface area is 103 Å². The first-order valence-corrected chi connectivity index (χ1v) is 6.70. The maximum absolute atomic E-state index is 4.24. The van der Waals surface area contributed by atoms with Crippen molar-refractivity contribution in [1.29, 1.82) is 0 Å². The van der Waals surface area contributed by atoms with Gasteiger partial charge >= 0.3 is 0 Å². The molecular formula is C12H23N5. The highest BCUT2D eigenvalue weighted by Crippen LogP contribution is 2.06. The zero-order chi connectivity index (χ0) is 11.9. The van der Waals surface area contributed by atoms with Crippen LogP contribution >= 0.6 is 0 Å². The maximum Gasteiger partial charge on any atom is 0.140 e.